The van der Waals surface area contributed by atoms with Crippen molar-refractivity contribution in [3.63, 3.8) is 0 Å². The Morgan fingerprint density at radius 1 is 1.21 bits per heavy atom. The molecule has 14 heavy (non-hydrogen) atoms. The lowest BCUT2D eigenvalue weighted by Crippen LogP contribution is -1.97. The molecule has 0 unspecified atom stereocenters. The van der Waals surface area contributed by atoms with E-state index < -0.39 is 0 Å². The molecule has 0 radical (unpaired) electrons. The molecular weight excluding hydrogens is 287 g/mol. The summed E-state index contributed by atoms with van der Waals surface area (Å²) in [5, 5.41) is 0. The summed E-state index contributed by atoms with van der Waals surface area (Å²) in [4.78, 5) is 0. The minimum absolute atomic E-state index is 0.650. The number of hydrogen-bond acceptors (Lipinski definition) is 1. The highest BCUT2D eigenvalue weighted by molar-refractivity contribution is 14.1. The van der Waals surface area contributed by atoms with E-state index in [4.69, 9.17) is 4.74 Å². The summed E-state index contributed by atoms with van der Waals surface area (Å²) in [6.45, 7) is 0. The molecule has 0 amide bonds. The predicted molar refractivity (Wildman–Crippen MR) is 64.8 cm³/mol. The first kappa shape index (κ1) is 9.01. The smallest absolute Gasteiger partial charge is 0.122 e. The molecule has 0 atom stereocenters. The van der Waals surface area contributed by atoms with Gasteiger partial charge in [0, 0.05) is 3.57 Å². The van der Waals surface area contributed by atoms with Gasteiger partial charge >= 0.3 is 0 Å². The normalized spacial score (nSPS) is 21.0. The molecular formula is C12H13IO. The van der Waals surface area contributed by atoms with E-state index in [-0.39, 0.29) is 0 Å². The van der Waals surface area contributed by atoms with Crippen LogP contribution in [0, 0.1) is 8.99 Å². The number of methoxy groups -OCH3 is 1. The van der Waals surface area contributed by atoms with Crippen LogP contribution >= 0.6 is 22.6 Å². The van der Waals surface area contributed by atoms with Gasteiger partial charge in [-0.25, -0.2) is 0 Å². The van der Waals surface area contributed by atoms with Crippen LogP contribution in [0.1, 0.15) is 24.0 Å². The van der Waals surface area contributed by atoms with Gasteiger partial charge in [-0.1, -0.05) is 0 Å². The summed E-state index contributed by atoms with van der Waals surface area (Å²) in [6, 6.07) is 4.29. The lowest BCUT2D eigenvalue weighted by molar-refractivity contribution is 0.407. The molecule has 2 aliphatic carbocycles. The topological polar surface area (TPSA) is 9.23 Å². The second kappa shape index (κ2) is 2.87. The molecule has 1 aromatic rings. The number of rotatable bonds is 1. The van der Waals surface area contributed by atoms with Crippen LogP contribution in [0.3, 0.4) is 0 Å². The van der Waals surface area contributed by atoms with Crippen molar-refractivity contribution >= 4 is 22.6 Å². The van der Waals surface area contributed by atoms with Gasteiger partial charge in [-0.15, -0.1) is 0 Å². The fourth-order valence-corrected chi connectivity index (χ4v) is 3.26. The molecule has 0 aromatic heterocycles. The van der Waals surface area contributed by atoms with E-state index in [2.05, 4.69) is 34.7 Å². The Hall–Kier alpha value is -0.250. The lowest BCUT2D eigenvalue weighted by atomic mass is 10.0. The summed E-state index contributed by atoms with van der Waals surface area (Å²) < 4.78 is 6.85. The molecule has 1 saturated carbocycles. The number of ether oxygens (including phenoxy) is 1. The zero-order chi connectivity index (χ0) is 9.76. The first-order valence-electron chi connectivity index (χ1n) is 5.08. The Balaban J connectivity index is 2.12. The molecule has 1 spiro atoms. The van der Waals surface area contributed by atoms with Gasteiger partial charge in [0.15, 0.2) is 0 Å². The maximum Gasteiger partial charge on any atom is 0.122 e. The Morgan fingerprint density at radius 3 is 2.57 bits per heavy atom. The second-order valence-corrected chi connectivity index (χ2v) is 5.72. The van der Waals surface area contributed by atoms with E-state index in [1.165, 1.54) is 34.8 Å². The SMILES string of the molecule is COc1ccc(I)c2c1CC1(CC1)C2. The van der Waals surface area contributed by atoms with Crippen LogP contribution < -0.4 is 4.74 Å². The molecule has 1 nitrogen and oxygen atoms in total. The Labute approximate surface area is 98.0 Å². The van der Waals surface area contributed by atoms with Crippen molar-refractivity contribution in [2.75, 3.05) is 7.11 Å². The van der Waals surface area contributed by atoms with Crippen LogP contribution in [-0.2, 0) is 12.8 Å². The zero-order valence-corrected chi connectivity index (χ0v) is 10.4. The van der Waals surface area contributed by atoms with Crippen molar-refractivity contribution in [2.24, 2.45) is 5.41 Å². The van der Waals surface area contributed by atoms with Crippen LogP contribution in [0.15, 0.2) is 12.1 Å². The number of benzene rings is 1. The number of hydrogen-bond donors (Lipinski definition) is 0. The van der Waals surface area contributed by atoms with Crippen LogP contribution in [0.2, 0.25) is 0 Å². The minimum atomic E-state index is 0.650. The zero-order valence-electron chi connectivity index (χ0n) is 8.27. The molecule has 2 heteroatoms. The monoisotopic (exact) mass is 300 g/mol. The molecule has 0 aliphatic heterocycles. The van der Waals surface area contributed by atoms with E-state index in [9.17, 15) is 0 Å². The molecule has 0 N–H and O–H groups in total. The minimum Gasteiger partial charge on any atom is -0.496 e. The van der Waals surface area contributed by atoms with Crippen LogP contribution in [0.4, 0.5) is 0 Å². The second-order valence-electron chi connectivity index (χ2n) is 4.56. The quantitative estimate of drug-likeness (QED) is 0.724. The van der Waals surface area contributed by atoms with E-state index in [1.54, 1.807) is 12.7 Å². The molecule has 74 valence electrons. The molecule has 0 bridgehead atoms. The average molecular weight is 300 g/mol. The first-order valence-corrected chi connectivity index (χ1v) is 6.16. The van der Waals surface area contributed by atoms with E-state index in [0.29, 0.717) is 5.41 Å². The van der Waals surface area contributed by atoms with Crippen molar-refractivity contribution in [1.29, 1.82) is 0 Å². The van der Waals surface area contributed by atoms with Crippen molar-refractivity contribution in [3.8, 4) is 5.75 Å². The highest BCUT2D eigenvalue weighted by atomic mass is 127. The third kappa shape index (κ3) is 1.19. The van der Waals surface area contributed by atoms with Gasteiger partial charge < -0.3 is 4.74 Å². The summed E-state index contributed by atoms with van der Waals surface area (Å²) in [5.41, 5.74) is 3.69. The van der Waals surface area contributed by atoms with Crippen LogP contribution in [-0.4, -0.2) is 7.11 Å². The third-order valence-corrected chi connectivity index (χ3v) is 4.62. The highest BCUT2D eigenvalue weighted by Gasteiger charge is 2.48. The van der Waals surface area contributed by atoms with Gasteiger partial charge in [-0.2, -0.15) is 0 Å². The molecule has 0 heterocycles. The average Bonchev–Trinajstić information content (AvgIpc) is 2.78. The maximum absolute atomic E-state index is 5.43. The number of halogens is 1. The molecule has 2 aliphatic rings. The fraction of sp³-hybridized carbons (Fsp3) is 0.500. The lowest BCUT2D eigenvalue weighted by Gasteiger charge is -2.07. The van der Waals surface area contributed by atoms with Crippen LogP contribution in [0.5, 0.6) is 5.75 Å². The van der Waals surface area contributed by atoms with E-state index in [0.717, 1.165) is 5.75 Å². The third-order valence-electron chi connectivity index (χ3n) is 3.61. The van der Waals surface area contributed by atoms with E-state index >= 15 is 0 Å². The van der Waals surface area contributed by atoms with Gasteiger partial charge in [0.1, 0.15) is 5.75 Å². The fourth-order valence-electron chi connectivity index (χ4n) is 2.56. The van der Waals surface area contributed by atoms with Gasteiger partial charge in [-0.3, -0.25) is 0 Å². The summed E-state index contributed by atoms with van der Waals surface area (Å²) >= 11 is 2.45. The summed E-state index contributed by atoms with van der Waals surface area (Å²) in [6.07, 6.45) is 5.38. The van der Waals surface area contributed by atoms with Gasteiger partial charge in [0.25, 0.3) is 0 Å². The van der Waals surface area contributed by atoms with Gasteiger partial charge in [-0.05, 0) is 76.9 Å². The molecule has 1 fully saturated rings. The van der Waals surface area contributed by atoms with Crippen molar-refractivity contribution in [1.82, 2.24) is 0 Å². The van der Waals surface area contributed by atoms with E-state index in [1.807, 2.05) is 0 Å². The van der Waals surface area contributed by atoms with Crippen LogP contribution in [0.25, 0.3) is 0 Å². The molecule has 0 saturated heterocycles. The molecule has 1 aromatic carbocycles. The highest BCUT2D eigenvalue weighted by Crippen LogP contribution is 2.57. The standard InChI is InChI=1S/C12H13IO/c1-14-11-3-2-10(13)8-6-12(4-5-12)7-9(8)11/h2-3H,4-7H2,1H3. The Kier molecular flexibility index (Phi) is 1.85. The van der Waals surface area contributed by atoms with Crippen molar-refractivity contribution in [3.05, 3.63) is 26.8 Å². The Bertz CT molecular complexity index is 394. The first-order chi connectivity index (χ1) is 6.74. The van der Waals surface area contributed by atoms with Gasteiger partial charge in [0.2, 0.25) is 0 Å². The van der Waals surface area contributed by atoms with Crippen molar-refractivity contribution in [2.45, 2.75) is 25.7 Å². The van der Waals surface area contributed by atoms with Gasteiger partial charge in [0.05, 0.1) is 7.11 Å². The summed E-state index contributed by atoms with van der Waals surface area (Å²) in [5.74, 6) is 1.10. The maximum atomic E-state index is 5.43. The van der Waals surface area contributed by atoms with Crippen molar-refractivity contribution < 1.29 is 4.74 Å². The Morgan fingerprint density at radius 2 is 1.93 bits per heavy atom. The predicted octanol–water partition coefficient (Wildman–Crippen LogP) is 3.18. The summed E-state index contributed by atoms with van der Waals surface area (Å²) in [7, 11) is 1.78. The largest absolute Gasteiger partial charge is 0.496 e. The molecule has 3 rings (SSSR count). The number of fused-ring (bicyclic) bond motifs is 1.